The molecule has 0 saturated carbocycles. The molecule has 1 unspecified atom stereocenters. The van der Waals surface area contributed by atoms with E-state index in [0.717, 1.165) is 13.0 Å². The molecule has 2 heterocycles. The van der Waals surface area contributed by atoms with Crippen LogP contribution >= 0.6 is 15.9 Å². The Labute approximate surface area is 107 Å². The van der Waals surface area contributed by atoms with Gasteiger partial charge < -0.3 is 5.32 Å². The summed E-state index contributed by atoms with van der Waals surface area (Å²) in [6.45, 7) is 1.56. The number of fused-ring (bicyclic) bond motifs is 1. The van der Waals surface area contributed by atoms with Gasteiger partial charge in [0.25, 0.3) is 11.8 Å². The van der Waals surface area contributed by atoms with Gasteiger partial charge in [0.1, 0.15) is 0 Å². The highest BCUT2D eigenvalue weighted by molar-refractivity contribution is 9.10. The second-order valence-corrected chi connectivity index (χ2v) is 5.14. The summed E-state index contributed by atoms with van der Waals surface area (Å²) in [6.07, 6.45) is 0.836. The molecule has 3 rings (SSSR count). The number of hydrogen-bond donors (Lipinski definition) is 1. The van der Waals surface area contributed by atoms with Crippen LogP contribution in [0.5, 0.6) is 0 Å². The van der Waals surface area contributed by atoms with Crippen LogP contribution in [-0.4, -0.2) is 35.8 Å². The van der Waals surface area contributed by atoms with E-state index in [1.165, 1.54) is 4.90 Å². The summed E-state index contributed by atoms with van der Waals surface area (Å²) in [5.74, 6) is -0.342. The molecule has 1 N–H and O–H groups in total. The normalized spacial score (nSPS) is 23.4. The number of halogens is 1. The van der Waals surface area contributed by atoms with Crippen LogP contribution in [0.3, 0.4) is 0 Å². The lowest BCUT2D eigenvalue weighted by Gasteiger charge is -2.20. The molecule has 1 fully saturated rings. The molecule has 0 aliphatic carbocycles. The number of amides is 2. The van der Waals surface area contributed by atoms with Gasteiger partial charge in [0.15, 0.2) is 0 Å². The zero-order valence-corrected chi connectivity index (χ0v) is 10.7. The zero-order valence-electron chi connectivity index (χ0n) is 9.07. The van der Waals surface area contributed by atoms with E-state index in [1.54, 1.807) is 18.2 Å². The predicted molar refractivity (Wildman–Crippen MR) is 65.9 cm³/mol. The van der Waals surface area contributed by atoms with Crippen LogP contribution in [0.4, 0.5) is 0 Å². The van der Waals surface area contributed by atoms with E-state index in [2.05, 4.69) is 21.2 Å². The van der Waals surface area contributed by atoms with E-state index in [4.69, 9.17) is 0 Å². The molecular formula is C12H11BrN2O2. The summed E-state index contributed by atoms with van der Waals surface area (Å²) in [5, 5.41) is 3.17. The minimum absolute atomic E-state index is 0.00528. The third-order valence-corrected chi connectivity index (χ3v) is 3.96. The van der Waals surface area contributed by atoms with E-state index in [9.17, 15) is 9.59 Å². The Morgan fingerprint density at radius 3 is 2.76 bits per heavy atom. The fourth-order valence-electron chi connectivity index (χ4n) is 2.45. The summed E-state index contributed by atoms with van der Waals surface area (Å²) >= 11 is 3.34. The third-order valence-electron chi connectivity index (χ3n) is 3.29. The molecule has 1 aromatic rings. The van der Waals surface area contributed by atoms with E-state index >= 15 is 0 Å². The lowest BCUT2D eigenvalue weighted by atomic mass is 10.1. The van der Waals surface area contributed by atoms with Crippen LogP contribution in [0, 0.1) is 0 Å². The minimum atomic E-state index is -0.175. The molecule has 17 heavy (non-hydrogen) atoms. The van der Waals surface area contributed by atoms with Gasteiger partial charge in [-0.3, -0.25) is 14.5 Å². The maximum atomic E-state index is 12.3. The van der Waals surface area contributed by atoms with Gasteiger partial charge in [0.05, 0.1) is 17.2 Å². The summed E-state index contributed by atoms with van der Waals surface area (Å²) in [4.78, 5) is 25.9. The van der Waals surface area contributed by atoms with Crippen molar-refractivity contribution in [3.8, 4) is 0 Å². The molecule has 1 aromatic carbocycles. The van der Waals surface area contributed by atoms with Crippen molar-refractivity contribution in [1.82, 2.24) is 10.2 Å². The molecule has 2 amide bonds. The topological polar surface area (TPSA) is 49.4 Å². The van der Waals surface area contributed by atoms with Crippen molar-refractivity contribution in [2.45, 2.75) is 12.5 Å². The van der Waals surface area contributed by atoms with Gasteiger partial charge in [0.2, 0.25) is 0 Å². The van der Waals surface area contributed by atoms with Crippen molar-refractivity contribution in [1.29, 1.82) is 0 Å². The number of carbonyl (C=O) groups is 2. The van der Waals surface area contributed by atoms with E-state index < -0.39 is 0 Å². The first-order valence-electron chi connectivity index (χ1n) is 5.57. The van der Waals surface area contributed by atoms with Crippen LogP contribution in [0.25, 0.3) is 0 Å². The molecule has 88 valence electrons. The first-order valence-corrected chi connectivity index (χ1v) is 6.36. The molecule has 2 aliphatic heterocycles. The molecule has 0 spiro atoms. The van der Waals surface area contributed by atoms with Crippen molar-refractivity contribution in [2.24, 2.45) is 0 Å². The number of carbonyl (C=O) groups excluding carboxylic acids is 2. The summed E-state index contributed by atoms with van der Waals surface area (Å²) < 4.78 is 0.696. The SMILES string of the molecule is O=C1c2cccc(Br)c2C(=O)N1C1CCNC1. The first kappa shape index (κ1) is 10.9. The number of imide groups is 1. The highest BCUT2D eigenvalue weighted by Gasteiger charge is 2.41. The Morgan fingerprint density at radius 2 is 2.12 bits per heavy atom. The van der Waals surface area contributed by atoms with Crippen LogP contribution < -0.4 is 5.32 Å². The van der Waals surface area contributed by atoms with Crippen molar-refractivity contribution >= 4 is 27.7 Å². The zero-order chi connectivity index (χ0) is 12.0. The van der Waals surface area contributed by atoms with Gasteiger partial charge in [-0.25, -0.2) is 0 Å². The Balaban J connectivity index is 2.05. The number of nitrogens with zero attached hydrogens (tertiary/aromatic N) is 1. The van der Waals surface area contributed by atoms with Crippen molar-refractivity contribution < 1.29 is 9.59 Å². The Kier molecular flexibility index (Phi) is 2.52. The third kappa shape index (κ3) is 1.53. The van der Waals surface area contributed by atoms with Gasteiger partial charge in [-0.15, -0.1) is 0 Å². The Morgan fingerprint density at radius 1 is 1.29 bits per heavy atom. The smallest absolute Gasteiger partial charge is 0.263 e. The summed E-state index contributed by atoms with van der Waals surface area (Å²) in [7, 11) is 0. The molecule has 1 saturated heterocycles. The van der Waals surface area contributed by atoms with Crippen LogP contribution in [0.1, 0.15) is 27.1 Å². The average molecular weight is 295 g/mol. The van der Waals surface area contributed by atoms with Gasteiger partial charge in [0, 0.05) is 11.0 Å². The molecular weight excluding hydrogens is 284 g/mol. The van der Waals surface area contributed by atoms with Crippen LogP contribution in [0.2, 0.25) is 0 Å². The fourth-order valence-corrected chi connectivity index (χ4v) is 2.99. The van der Waals surface area contributed by atoms with Crippen molar-refractivity contribution in [3.63, 3.8) is 0 Å². The number of nitrogens with one attached hydrogen (secondary N) is 1. The minimum Gasteiger partial charge on any atom is -0.315 e. The molecule has 0 aromatic heterocycles. The lowest BCUT2D eigenvalue weighted by Crippen LogP contribution is -2.41. The Hall–Kier alpha value is -1.20. The second kappa shape index (κ2) is 3.92. The second-order valence-electron chi connectivity index (χ2n) is 4.29. The maximum absolute atomic E-state index is 12.3. The van der Waals surface area contributed by atoms with Crippen molar-refractivity contribution in [3.05, 3.63) is 33.8 Å². The largest absolute Gasteiger partial charge is 0.315 e. The lowest BCUT2D eigenvalue weighted by molar-refractivity contribution is 0.0596. The van der Waals surface area contributed by atoms with Crippen LogP contribution in [-0.2, 0) is 0 Å². The highest BCUT2D eigenvalue weighted by atomic mass is 79.9. The first-order chi connectivity index (χ1) is 8.20. The molecule has 5 heteroatoms. The van der Waals surface area contributed by atoms with Gasteiger partial charge in [-0.05, 0) is 41.0 Å². The van der Waals surface area contributed by atoms with E-state index in [1.807, 2.05) is 0 Å². The van der Waals surface area contributed by atoms with Gasteiger partial charge in [-0.2, -0.15) is 0 Å². The summed E-state index contributed by atoms with van der Waals surface area (Å²) in [5.41, 5.74) is 1.01. The van der Waals surface area contributed by atoms with Gasteiger partial charge >= 0.3 is 0 Å². The van der Waals surface area contributed by atoms with E-state index in [0.29, 0.717) is 22.1 Å². The predicted octanol–water partition coefficient (Wildman–Crippen LogP) is 1.41. The molecule has 2 aliphatic rings. The Bertz CT molecular complexity index is 509. The molecule has 0 bridgehead atoms. The fraction of sp³-hybridized carbons (Fsp3) is 0.333. The highest BCUT2D eigenvalue weighted by Crippen LogP contribution is 2.31. The number of benzene rings is 1. The standard InChI is InChI=1S/C12H11BrN2O2/c13-9-3-1-2-8-10(9)12(17)15(11(8)16)7-4-5-14-6-7/h1-3,7,14H,4-6H2. The summed E-state index contributed by atoms with van der Waals surface area (Å²) in [6, 6.07) is 5.28. The number of hydrogen-bond acceptors (Lipinski definition) is 3. The van der Waals surface area contributed by atoms with Crippen LogP contribution in [0.15, 0.2) is 22.7 Å². The van der Waals surface area contributed by atoms with E-state index in [-0.39, 0.29) is 17.9 Å². The van der Waals surface area contributed by atoms with Crippen molar-refractivity contribution in [2.75, 3.05) is 13.1 Å². The maximum Gasteiger partial charge on any atom is 0.263 e. The van der Waals surface area contributed by atoms with Gasteiger partial charge in [-0.1, -0.05) is 6.07 Å². The average Bonchev–Trinajstić information content (AvgIpc) is 2.88. The molecule has 1 atom stereocenters. The molecule has 0 radical (unpaired) electrons. The quantitative estimate of drug-likeness (QED) is 0.797. The number of rotatable bonds is 1. The monoisotopic (exact) mass is 294 g/mol. The molecule has 4 nitrogen and oxygen atoms in total.